The zero-order valence-electron chi connectivity index (χ0n) is 10.9. The first-order valence-corrected chi connectivity index (χ1v) is 5.71. The maximum Gasteiger partial charge on any atom is 0.234 e. The molecule has 0 unspecified atom stereocenters. The smallest absolute Gasteiger partial charge is 0.234 e. The predicted octanol–water partition coefficient (Wildman–Crippen LogP) is 1.23. The molecule has 1 rings (SSSR count). The summed E-state index contributed by atoms with van der Waals surface area (Å²) < 4.78 is 18.4. The largest absolute Gasteiger partial charge is 0.496 e. The van der Waals surface area contributed by atoms with Gasteiger partial charge in [0, 0.05) is 5.54 Å². The molecule has 1 amide bonds. The van der Waals surface area contributed by atoms with Crippen LogP contribution >= 0.6 is 0 Å². The lowest BCUT2D eigenvalue weighted by Gasteiger charge is -2.27. The van der Waals surface area contributed by atoms with Crippen molar-refractivity contribution in [1.29, 1.82) is 0 Å². The van der Waals surface area contributed by atoms with Crippen LogP contribution in [0.15, 0.2) is 18.2 Å². The van der Waals surface area contributed by atoms with Crippen molar-refractivity contribution in [3.05, 3.63) is 29.6 Å². The average molecular weight is 254 g/mol. The van der Waals surface area contributed by atoms with Crippen molar-refractivity contribution in [2.45, 2.75) is 25.8 Å². The summed E-state index contributed by atoms with van der Waals surface area (Å²) in [5.41, 5.74) is 5.45. The van der Waals surface area contributed by atoms with Gasteiger partial charge in [-0.1, -0.05) is 0 Å². The summed E-state index contributed by atoms with van der Waals surface area (Å²) >= 11 is 0. The molecule has 4 nitrogen and oxygen atoms in total. The number of nitrogens with two attached hydrogens (primary N) is 1. The first-order chi connectivity index (χ1) is 8.38. The lowest BCUT2D eigenvalue weighted by molar-refractivity contribution is -0.121. The molecule has 0 radical (unpaired) electrons. The molecule has 0 saturated heterocycles. The number of rotatable bonds is 5. The van der Waals surface area contributed by atoms with Gasteiger partial charge in [-0.25, -0.2) is 4.39 Å². The highest BCUT2D eigenvalue weighted by molar-refractivity contribution is 5.78. The van der Waals surface area contributed by atoms with Gasteiger partial charge in [0.1, 0.15) is 11.6 Å². The van der Waals surface area contributed by atoms with Gasteiger partial charge < -0.3 is 15.8 Å². The van der Waals surface area contributed by atoms with Crippen molar-refractivity contribution in [2.24, 2.45) is 5.73 Å². The highest BCUT2D eigenvalue weighted by Crippen LogP contribution is 2.24. The third-order valence-electron chi connectivity index (χ3n) is 2.54. The number of nitrogens with one attached hydrogen (secondary N) is 1. The van der Waals surface area contributed by atoms with Crippen molar-refractivity contribution >= 4 is 5.91 Å². The number of hydrogen-bond donors (Lipinski definition) is 2. The minimum Gasteiger partial charge on any atom is -0.496 e. The van der Waals surface area contributed by atoms with Crippen LogP contribution in [0.3, 0.4) is 0 Å². The number of carbonyl (C=O) groups is 1. The van der Waals surface area contributed by atoms with Gasteiger partial charge in [0.05, 0.1) is 13.7 Å². The summed E-state index contributed by atoms with van der Waals surface area (Å²) in [5, 5.41) is 2.78. The van der Waals surface area contributed by atoms with E-state index in [-0.39, 0.29) is 18.3 Å². The topological polar surface area (TPSA) is 64.3 Å². The molecule has 0 aliphatic carbocycles. The molecule has 0 atom stereocenters. The van der Waals surface area contributed by atoms with Crippen molar-refractivity contribution in [1.82, 2.24) is 5.32 Å². The molecule has 100 valence electrons. The SMILES string of the molecule is COc1ccc(F)cc1CC(C)(C)NC(=O)CN. The Bertz CT molecular complexity index is 433. The van der Waals surface area contributed by atoms with Crippen LogP contribution in [0, 0.1) is 5.82 Å². The number of carbonyl (C=O) groups excluding carboxylic acids is 1. The molecule has 0 saturated carbocycles. The first kappa shape index (κ1) is 14.4. The number of methoxy groups -OCH3 is 1. The zero-order chi connectivity index (χ0) is 13.8. The van der Waals surface area contributed by atoms with Gasteiger partial charge in [-0.05, 0) is 44.0 Å². The minimum atomic E-state index is -0.516. The Morgan fingerprint density at radius 2 is 2.17 bits per heavy atom. The van der Waals surface area contributed by atoms with E-state index in [9.17, 15) is 9.18 Å². The number of amides is 1. The monoisotopic (exact) mass is 254 g/mol. The molecule has 3 N–H and O–H groups in total. The van der Waals surface area contributed by atoms with E-state index in [1.807, 2.05) is 13.8 Å². The Hall–Kier alpha value is -1.62. The molecule has 0 aromatic heterocycles. The van der Waals surface area contributed by atoms with Gasteiger partial charge in [-0.3, -0.25) is 4.79 Å². The van der Waals surface area contributed by atoms with Crippen LogP contribution in [0.4, 0.5) is 4.39 Å². The van der Waals surface area contributed by atoms with Crippen LogP contribution in [-0.2, 0) is 11.2 Å². The molecule has 1 aromatic rings. The fourth-order valence-corrected chi connectivity index (χ4v) is 1.83. The number of benzene rings is 1. The molecule has 0 aliphatic heterocycles. The van der Waals surface area contributed by atoms with E-state index in [4.69, 9.17) is 10.5 Å². The maximum absolute atomic E-state index is 13.2. The van der Waals surface area contributed by atoms with Crippen molar-refractivity contribution in [3.8, 4) is 5.75 Å². The average Bonchev–Trinajstić information content (AvgIpc) is 2.28. The van der Waals surface area contributed by atoms with Crippen LogP contribution in [0.1, 0.15) is 19.4 Å². The van der Waals surface area contributed by atoms with Crippen LogP contribution in [0.2, 0.25) is 0 Å². The summed E-state index contributed by atoms with van der Waals surface area (Å²) in [5.74, 6) is 0.0357. The molecule has 0 spiro atoms. The van der Waals surface area contributed by atoms with E-state index in [2.05, 4.69) is 5.32 Å². The Balaban J connectivity index is 2.88. The van der Waals surface area contributed by atoms with Gasteiger partial charge in [-0.15, -0.1) is 0 Å². The van der Waals surface area contributed by atoms with E-state index >= 15 is 0 Å². The third-order valence-corrected chi connectivity index (χ3v) is 2.54. The maximum atomic E-state index is 13.2. The second-order valence-electron chi connectivity index (χ2n) is 4.77. The highest BCUT2D eigenvalue weighted by atomic mass is 19.1. The van der Waals surface area contributed by atoms with E-state index in [0.29, 0.717) is 17.7 Å². The fraction of sp³-hybridized carbons (Fsp3) is 0.462. The van der Waals surface area contributed by atoms with Crippen molar-refractivity contribution in [3.63, 3.8) is 0 Å². The molecule has 18 heavy (non-hydrogen) atoms. The number of hydrogen-bond acceptors (Lipinski definition) is 3. The Labute approximate surface area is 106 Å². The molecule has 0 heterocycles. The predicted molar refractivity (Wildman–Crippen MR) is 67.9 cm³/mol. The molecular weight excluding hydrogens is 235 g/mol. The second-order valence-corrected chi connectivity index (χ2v) is 4.77. The minimum absolute atomic E-state index is 0.0658. The Morgan fingerprint density at radius 1 is 1.50 bits per heavy atom. The molecule has 0 aliphatic rings. The molecular formula is C13H19FN2O2. The van der Waals surface area contributed by atoms with Crippen LogP contribution < -0.4 is 15.8 Å². The van der Waals surface area contributed by atoms with Gasteiger partial charge in [0.2, 0.25) is 5.91 Å². The molecule has 5 heteroatoms. The Kier molecular flexibility index (Phi) is 4.67. The lowest BCUT2D eigenvalue weighted by atomic mass is 9.94. The first-order valence-electron chi connectivity index (χ1n) is 5.71. The molecule has 0 bridgehead atoms. The standard InChI is InChI=1S/C13H19FN2O2/c1-13(2,16-12(17)8-15)7-9-6-10(14)4-5-11(9)18-3/h4-6H,7-8,15H2,1-3H3,(H,16,17). The normalized spacial score (nSPS) is 11.2. The van der Waals surface area contributed by atoms with Crippen LogP contribution in [0.5, 0.6) is 5.75 Å². The summed E-state index contributed by atoms with van der Waals surface area (Å²) in [4.78, 5) is 11.3. The van der Waals surface area contributed by atoms with Crippen LogP contribution in [0.25, 0.3) is 0 Å². The Morgan fingerprint density at radius 3 is 2.72 bits per heavy atom. The molecule has 0 fully saturated rings. The summed E-state index contributed by atoms with van der Waals surface area (Å²) in [6.07, 6.45) is 0.458. The van der Waals surface area contributed by atoms with Crippen molar-refractivity contribution in [2.75, 3.05) is 13.7 Å². The van der Waals surface area contributed by atoms with Crippen LogP contribution in [-0.4, -0.2) is 25.1 Å². The summed E-state index contributed by atoms with van der Waals surface area (Å²) in [7, 11) is 1.53. The fourth-order valence-electron chi connectivity index (χ4n) is 1.83. The van der Waals surface area contributed by atoms with Gasteiger partial charge in [0.25, 0.3) is 0 Å². The van der Waals surface area contributed by atoms with Gasteiger partial charge in [0.15, 0.2) is 0 Å². The quantitative estimate of drug-likeness (QED) is 0.830. The number of halogens is 1. The highest BCUT2D eigenvalue weighted by Gasteiger charge is 2.22. The van der Waals surface area contributed by atoms with E-state index in [0.717, 1.165) is 0 Å². The van der Waals surface area contributed by atoms with Gasteiger partial charge in [-0.2, -0.15) is 0 Å². The second kappa shape index (κ2) is 5.82. The van der Waals surface area contributed by atoms with E-state index in [1.165, 1.54) is 19.2 Å². The van der Waals surface area contributed by atoms with E-state index in [1.54, 1.807) is 6.07 Å². The molecule has 1 aromatic carbocycles. The number of ether oxygens (including phenoxy) is 1. The third kappa shape index (κ3) is 4.00. The summed E-state index contributed by atoms with van der Waals surface area (Å²) in [6, 6.07) is 4.33. The summed E-state index contributed by atoms with van der Waals surface area (Å²) in [6.45, 7) is 3.64. The lowest BCUT2D eigenvalue weighted by Crippen LogP contribution is -2.47. The zero-order valence-corrected chi connectivity index (χ0v) is 10.9. The van der Waals surface area contributed by atoms with E-state index < -0.39 is 5.54 Å². The van der Waals surface area contributed by atoms with Crippen molar-refractivity contribution < 1.29 is 13.9 Å². The van der Waals surface area contributed by atoms with Gasteiger partial charge >= 0.3 is 0 Å².